The lowest BCUT2D eigenvalue weighted by molar-refractivity contribution is -0.131. The Hall–Kier alpha value is -1.51. The molecule has 1 aromatic rings. The number of carbonyl (C=O) groups is 1. The fraction of sp³-hybridized carbons (Fsp3) is 0.533. The van der Waals surface area contributed by atoms with Crippen LogP contribution in [0.4, 0.5) is 0 Å². The van der Waals surface area contributed by atoms with Crippen LogP contribution in [0.5, 0.6) is 5.75 Å². The topological polar surface area (TPSA) is 40.5 Å². The lowest BCUT2D eigenvalue weighted by Gasteiger charge is -2.22. The molecule has 0 radical (unpaired) electrons. The zero-order valence-corrected chi connectivity index (χ0v) is 11.7. The number of rotatable bonds is 5. The summed E-state index contributed by atoms with van der Waals surface area (Å²) in [7, 11) is 1.85. The summed E-state index contributed by atoms with van der Waals surface area (Å²) in [6, 6.07) is 6.84. The highest BCUT2D eigenvalue weighted by molar-refractivity contribution is 5.83. The van der Waals surface area contributed by atoms with Gasteiger partial charge in [-0.05, 0) is 37.0 Å². The lowest BCUT2D eigenvalue weighted by atomic mass is 9.99. The maximum absolute atomic E-state index is 12.2. The van der Waals surface area contributed by atoms with Crippen LogP contribution in [0, 0.1) is 5.92 Å². The number of amides is 1. The normalized spacial score (nSPS) is 12.5. The summed E-state index contributed by atoms with van der Waals surface area (Å²) in [5.74, 6) is 0.792. The van der Waals surface area contributed by atoms with Gasteiger partial charge in [-0.15, -0.1) is 0 Å². The molecular formula is C15H23NO2. The van der Waals surface area contributed by atoms with Gasteiger partial charge in [0.2, 0.25) is 5.91 Å². The maximum Gasteiger partial charge on any atom is 0.229 e. The van der Waals surface area contributed by atoms with E-state index in [0.717, 1.165) is 18.5 Å². The Bertz CT molecular complexity index is 384. The highest BCUT2D eigenvalue weighted by atomic mass is 16.3. The average Bonchev–Trinajstić information content (AvgIpc) is 2.35. The van der Waals surface area contributed by atoms with Crippen molar-refractivity contribution in [3.8, 4) is 5.75 Å². The Morgan fingerprint density at radius 1 is 1.22 bits per heavy atom. The Morgan fingerprint density at radius 2 is 1.78 bits per heavy atom. The molecular weight excluding hydrogens is 226 g/mol. The van der Waals surface area contributed by atoms with Gasteiger partial charge in [-0.3, -0.25) is 4.79 Å². The molecule has 1 rings (SSSR count). The summed E-state index contributed by atoms with van der Waals surface area (Å²) in [5.41, 5.74) is 0.939. The van der Waals surface area contributed by atoms with Gasteiger partial charge in [-0.2, -0.15) is 0 Å². The fourth-order valence-electron chi connectivity index (χ4n) is 1.80. The minimum absolute atomic E-state index is 0.126. The van der Waals surface area contributed by atoms with E-state index < -0.39 is 0 Å². The third-order valence-corrected chi connectivity index (χ3v) is 3.18. The van der Waals surface area contributed by atoms with Gasteiger partial charge in [-0.25, -0.2) is 0 Å². The fourth-order valence-corrected chi connectivity index (χ4v) is 1.80. The van der Waals surface area contributed by atoms with Crippen molar-refractivity contribution in [1.82, 2.24) is 4.90 Å². The first-order chi connectivity index (χ1) is 8.41. The zero-order valence-electron chi connectivity index (χ0n) is 11.7. The summed E-state index contributed by atoms with van der Waals surface area (Å²) in [6.45, 7) is 7.00. The van der Waals surface area contributed by atoms with E-state index in [-0.39, 0.29) is 17.6 Å². The van der Waals surface area contributed by atoms with Gasteiger partial charge in [0.25, 0.3) is 0 Å². The number of hydrogen-bond donors (Lipinski definition) is 1. The first kappa shape index (κ1) is 14.6. The second kappa shape index (κ2) is 6.43. The quantitative estimate of drug-likeness (QED) is 0.871. The molecule has 18 heavy (non-hydrogen) atoms. The summed E-state index contributed by atoms with van der Waals surface area (Å²) >= 11 is 0. The summed E-state index contributed by atoms with van der Waals surface area (Å²) < 4.78 is 0. The minimum Gasteiger partial charge on any atom is -0.508 e. The van der Waals surface area contributed by atoms with E-state index >= 15 is 0 Å². The van der Waals surface area contributed by atoms with E-state index in [0.29, 0.717) is 5.92 Å². The Kier molecular flexibility index (Phi) is 5.20. The molecule has 0 aliphatic rings. The first-order valence-electron chi connectivity index (χ1n) is 6.45. The predicted molar refractivity (Wildman–Crippen MR) is 73.6 cm³/mol. The van der Waals surface area contributed by atoms with Gasteiger partial charge in [0, 0.05) is 13.6 Å². The molecule has 1 amide bonds. The number of phenolic OH excluding ortho intramolecular Hbond substituents is 1. The molecule has 0 aromatic heterocycles. The summed E-state index contributed by atoms with van der Waals surface area (Å²) in [5, 5.41) is 9.24. The molecule has 1 unspecified atom stereocenters. The summed E-state index contributed by atoms with van der Waals surface area (Å²) in [6.07, 6.45) is 1.02. The van der Waals surface area contributed by atoms with E-state index in [9.17, 15) is 9.90 Å². The van der Waals surface area contributed by atoms with Crippen molar-refractivity contribution in [1.29, 1.82) is 0 Å². The van der Waals surface area contributed by atoms with Gasteiger partial charge in [0.15, 0.2) is 0 Å². The second-order valence-corrected chi connectivity index (χ2v) is 5.26. The van der Waals surface area contributed by atoms with E-state index in [1.54, 1.807) is 29.2 Å². The van der Waals surface area contributed by atoms with E-state index in [2.05, 4.69) is 13.8 Å². The molecule has 1 N–H and O–H groups in total. The largest absolute Gasteiger partial charge is 0.508 e. The van der Waals surface area contributed by atoms with Crippen molar-refractivity contribution in [2.75, 3.05) is 13.6 Å². The Morgan fingerprint density at radius 3 is 2.28 bits per heavy atom. The smallest absolute Gasteiger partial charge is 0.229 e. The molecule has 0 saturated carbocycles. The molecule has 0 aliphatic heterocycles. The lowest BCUT2D eigenvalue weighted by Crippen LogP contribution is -2.32. The van der Waals surface area contributed by atoms with Crippen molar-refractivity contribution in [2.45, 2.75) is 33.1 Å². The van der Waals surface area contributed by atoms with Crippen LogP contribution in [0.15, 0.2) is 24.3 Å². The van der Waals surface area contributed by atoms with Crippen molar-refractivity contribution >= 4 is 5.91 Å². The predicted octanol–water partition coefficient (Wildman–Crippen LogP) is 3.00. The van der Waals surface area contributed by atoms with E-state index in [1.807, 2.05) is 14.0 Å². The van der Waals surface area contributed by atoms with Crippen LogP contribution < -0.4 is 0 Å². The molecule has 0 fully saturated rings. The van der Waals surface area contributed by atoms with Crippen LogP contribution in [-0.4, -0.2) is 29.5 Å². The second-order valence-electron chi connectivity index (χ2n) is 5.26. The van der Waals surface area contributed by atoms with Crippen molar-refractivity contribution in [3.05, 3.63) is 29.8 Å². The van der Waals surface area contributed by atoms with Crippen LogP contribution in [-0.2, 0) is 4.79 Å². The number of benzene rings is 1. The molecule has 1 aromatic carbocycles. The third kappa shape index (κ3) is 4.06. The van der Waals surface area contributed by atoms with Gasteiger partial charge in [0.05, 0.1) is 5.92 Å². The highest BCUT2D eigenvalue weighted by Gasteiger charge is 2.19. The summed E-state index contributed by atoms with van der Waals surface area (Å²) in [4.78, 5) is 14.0. The Labute approximate surface area is 109 Å². The van der Waals surface area contributed by atoms with Crippen molar-refractivity contribution in [3.63, 3.8) is 0 Å². The van der Waals surface area contributed by atoms with Gasteiger partial charge < -0.3 is 10.0 Å². The number of hydrogen-bond acceptors (Lipinski definition) is 2. The number of nitrogens with zero attached hydrogens (tertiary/aromatic N) is 1. The van der Waals surface area contributed by atoms with Gasteiger partial charge in [-0.1, -0.05) is 26.0 Å². The average molecular weight is 249 g/mol. The molecule has 3 nitrogen and oxygen atoms in total. The number of phenols is 1. The minimum atomic E-state index is -0.164. The molecule has 0 bridgehead atoms. The number of carbonyl (C=O) groups excluding carboxylic acids is 1. The van der Waals surface area contributed by atoms with Gasteiger partial charge >= 0.3 is 0 Å². The van der Waals surface area contributed by atoms with Crippen molar-refractivity contribution in [2.24, 2.45) is 5.92 Å². The maximum atomic E-state index is 12.2. The Balaban J connectivity index is 2.62. The van der Waals surface area contributed by atoms with E-state index in [4.69, 9.17) is 0 Å². The molecule has 1 atom stereocenters. The standard InChI is InChI=1S/C15H23NO2/c1-11(2)9-10-16(4)15(18)12(3)13-5-7-14(17)8-6-13/h5-8,11-12,17H,9-10H2,1-4H3. The highest BCUT2D eigenvalue weighted by Crippen LogP contribution is 2.20. The molecule has 0 aliphatic carbocycles. The zero-order chi connectivity index (χ0) is 13.7. The van der Waals surface area contributed by atoms with Crippen LogP contribution in [0.3, 0.4) is 0 Å². The number of likely N-dealkylation sites (N-methyl/N-ethyl adjacent to an activating group) is 1. The molecule has 0 spiro atoms. The SMILES string of the molecule is CC(C)CCN(C)C(=O)C(C)c1ccc(O)cc1. The molecule has 0 saturated heterocycles. The van der Waals surface area contributed by atoms with Crippen LogP contribution in [0.25, 0.3) is 0 Å². The third-order valence-electron chi connectivity index (χ3n) is 3.18. The van der Waals surface area contributed by atoms with Crippen LogP contribution in [0.1, 0.15) is 38.7 Å². The van der Waals surface area contributed by atoms with Gasteiger partial charge in [0.1, 0.15) is 5.75 Å². The van der Waals surface area contributed by atoms with Crippen LogP contribution >= 0.6 is 0 Å². The van der Waals surface area contributed by atoms with Crippen molar-refractivity contribution < 1.29 is 9.90 Å². The van der Waals surface area contributed by atoms with Crippen LogP contribution in [0.2, 0.25) is 0 Å². The number of aromatic hydroxyl groups is 1. The molecule has 3 heteroatoms. The first-order valence-corrected chi connectivity index (χ1v) is 6.45. The monoisotopic (exact) mass is 249 g/mol. The molecule has 100 valence electrons. The molecule has 0 heterocycles. The van der Waals surface area contributed by atoms with E-state index in [1.165, 1.54) is 0 Å².